The minimum Gasteiger partial charge on any atom is -0.465 e. The Morgan fingerprint density at radius 3 is 3.03 bits per heavy atom. The molecule has 0 aliphatic heterocycles. The van der Waals surface area contributed by atoms with Crippen LogP contribution >= 0.6 is 11.8 Å². The minimum absolute atomic E-state index is 0.0665. The predicted octanol–water partition coefficient (Wildman–Crippen LogP) is 0.891. The van der Waals surface area contributed by atoms with Crippen LogP contribution in [0.5, 0.6) is 0 Å². The molecule has 13 heteroatoms. The van der Waals surface area contributed by atoms with Crippen LogP contribution in [0.25, 0.3) is 11.5 Å². The number of amides is 1. The number of halogens is 1. The third-order valence-corrected chi connectivity index (χ3v) is 5.49. The predicted molar refractivity (Wildman–Crippen MR) is 95.1 cm³/mol. The number of aliphatic hydroxyl groups excluding tert-OH is 1. The van der Waals surface area contributed by atoms with E-state index in [9.17, 15) is 19.1 Å². The van der Waals surface area contributed by atoms with Gasteiger partial charge in [-0.05, 0) is 40.0 Å². The zero-order chi connectivity index (χ0) is 20.5. The summed E-state index contributed by atoms with van der Waals surface area (Å²) in [7, 11) is 0. The van der Waals surface area contributed by atoms with Crippen LogP contribution in [0.4, 0.5) is 9.18 Å². The Bertz CT molecular complexity index is 1110. The second-order valence-corrected chi connectivity index (χ2v) is 7.28. The lowest BCUT2D eigenvalue weighted by atomic mass is 9.83. The monoisotopic (exact) mass is 423 g/mol. The molecule has 2 atom stereocenters. The Kier molecular flexibility index (Phi) is 5.07. The van der Waals surface area contributed by atoms with Crippen molar-refractivity contribution in [2.75, 3.05) is 12.3 Å². The Hall–Kier alpha value is -3.19. The van der Waals surface area contributed by atoms with Crippen molar-refractivity contribution in [3.8, 4) is 11.5 Å². The van der Waals surface area contributed by atoms with Crippen molar-refractivity contribution in [1.29, 1.82) is 0 Å². The van der Waals surface area contributed by atoms with Crippen LogP contribution < -0.4 is 11.1 Å². The molecule has 3 N–H and O–H groups in total. The van der Waals surface area contributed by atoms with Gasteiger partial charge in [0.2, 0.25) is 5.82 Å². The van der Waals surface area contributed by atoms with Crippen molar-refractivity contribution < 1.29 is 28.6 Å². The summed E-state index contributed by atoms with van der Waals surface area (Å²) in [5.74, 6) is -0.995. The molecule has 1 amide bonds. The van der Waals surface area contributed by atoms with Crippen LogP contribution in [0.2, 0.25) is 0 Å². The molecular formula is C16H14FN5O6S. The molecule has 0 bridgehead atoms. The summed E-state index contributed by atoms with van der Waals surface area (Å²) in [4.78, 5) is 22.7. The molecule has 0 radical (unpaired) electrons. The number of fused-ring (bicyclic) bond motifs is 1. The molecule has 0 spiro atoms. The number of carboxylic acid groups (broad SMARTS) is 1. The Labute approximate surface area is 165 Å². The molecule has 2 unspecified atom stereocenters. The Morgan fingerprint density at radius 1 is 1.41 bits per heavy atom. The lowest BCUT2D eigenvalue weighted by Gasteiger charge is -2.30. The molecule has 152 valence electrons. The number of nitrogens with one attached hydrogen (secondary N) is 1. The lowest BCUT2D eigenvalue weighted by molar-refractivity contribution is 0.170. The van der Waals surface area contributed by atoms with E-state index in [1.807, 2.05) is 0 Å². The van der Waals surface area contributed by atoms with Gasteiger partial charge in [0.1, 0.15) is 5.82 Å². The number of hydrogen-bond acceptors (Lipinski definition) is 9. The number of rotatable bonds is 7. The molecule has 0 saturated heterocycles. The maximum absolute atomic E-state index is 13.6. The molecule has 1 aliphatic rings. The fourth-order valence-corrected chi connectivity index (χ4v) is 3.84. The SMILES string of the molecule is O=C(O)NCC(O)CSc1nonc1-c1noc(=O)n1C1Cc2ccc(F)cc21. The zero-order valence-electron chi connectivity index (χ0n) is 14.6. The number of hydrogen-bond donors (Lipinski definition) is 3. The average Bonchev–Trinajstić information content (AvgIpc) is 3.28. The van der Waals surface area contributed by atoms with E-state index in [2.05, 4.69) is 20.8 Å². The van der Waals surface area contributed by atoms with Crippen molar-refractivity contribution in [2.45, 2.75) is 23.6 Å². The Morgan fingerprint density at radius 2 is 2.24 bits per heavy atom. The van der Waals surface area contributed by atoms with E-state index in [1.165, 1.54) is 16.7 Å². The maximum Gasteiger partial charge on any atom is 0.442 e. The van der Waals surface area contributed by atoms with Crippen molar-refractivity contribution >= 4 is 17.9 Å². The minimum atomic E-state index is -1.25. The first-order valence-corrected chi connectivity index (χ1v) is 9.39. The van der Waals surface area contributed by atoms with E-state index in [1.54, 1.807) is 6.07 Å². The highest BCUT2D eigenvalue weighted by Crippen LogP contribution is 2.38. The fourth-order valence-electron chi connectivity index (χ4n) is 3.02. The van der Waals surface area contributed by atoms with Crippen molar-refractivity contribution in [1.82, 2.24) is 25.4 Å². The summed E-state index contributed by atoms with van der Waals surface area (Å²) in [5.41, 5.74) is 1.69. The number of carbonyl (C=O) groups is 1. The van der Waals surface area contributed by atoms with Crippen molar-refractivity contribution in [3.05, 3.63) is 45.7 Å². The number of nitrogens with zero attached hydrogens (tertiary/aromatic N) is 4. The van der Waals surface area contributed by atoms with Crippen LogP contribution in [-0.2, 0) is 6.42 Å². The van der Waals surface area contributed by atoms with Gasteiger partial charge in [-0.15, -0.1) is 0 Å². The second kappa shape index (κ2) is 7.67. The summed E-state index contributed by atoms with van der Waals surface area (Å²) in [6.45, 7) is -0.165. The number of aliphatic hydroxyl groups is 1. The lowest BCUT2D eigenvalue weighted by Crippen LogP contribution is -2.32. The highest BCUT2D eigenvalue weighted by molar-refractivity contribution is 7.99. The van der Waals surface area contributed by atoms with E-state index < -0.39 is 29.8 Å². The van der Waals surface area contributed by atoms with Crippen LogP contribution in [0.3, 0.4) is 0 Å². The van der Waals surface area contributed by atoms with Crippen molar-refractivity contribution in [2.24, 2.45) is 0 Å². The first kappa shape index (κ1) is 19.1. The van der Waals surface area contributed by atoms with Gasteiger partial charge in [-0.25, -0.2) is 23.2 Å². The van der Waals surface area contributed by atoms with E-state index >= 15 is 0 Å². The molecular weight excluding hydrogens is 409 g/mol. The first-order chi connectivity index (χ1) is 13.9. The molecule has 1 aromatic carbocycles. The van der Waals surface area contributed by atoms with Gasteiger partial charge in [-0.2, -0.15) is 0 Å². The molecule has 0 saturated carbocycles. The van der Waals surface area contributed by atoms with Gasteiger partial charge in [-0.3, -0.25) is 4.52 Å². The van der Waals surface area contributed by atoms with E-state index in [-0.39, 0.29) is 28.8 Å². The van der Waals surface area contributed by atoms with E-state index in [4.69, 9.17) is 14.3 Å². The fraction of sp³-hybridized carbons (Fsp3) is 0.312. The van der Waals surface area contributed by atoms with Crippen LogP contribution in [0.15, 0.2) is 37.2 Å². The summed E-state index contributed by atoms with van der Waals surface area (Å²) in [5, 5.41) is 32.0. The normalized spacial score (nSPS) is 16.1. The topological polar surface area (TPSA) is 157 Å². The summed E-state index contributed by atoms with van der Waals surface area (Å²) in [6.07, 6.45) is -1.74. The summed E-state index contributed by atoms with van der Waals surface area (Å²) < 4.78 is 24.4. The van der Waals surface area contributed by atoms with Gasteiger partial charge >= 0.3 is 11.8 Å². The van der Waals surface area contributed by atoms with Gasteiger partial charge < -0.3 is 15.5 Å². The van der Waals surface area contributed by atoms with Crippen molar-refractivity contribution in [3.63, 3.8) is 0 Å². The molecule has 1 aliphatic carbocycles. The second-order valence-electron chi connectivity index (χ2n) is 6.27. The van der Waals surface area contributed by atoms with Gasteiger partial charge in [-0.1, -0.05) is 23.0 Å². The molecule has 11 nitrogen and oxygen atoms in total. The molecule has 2 aromatic heterocycles. The smallest absolute Gasteiger partial charge is 0.442 e. The van der Waals surface area contributed by atoms with E-state index in [0.717, 1.165) is 17.3 Å². The third kappa shape index (κ3) is 3.73. The highest BCUT2D eigenvalue weighted by Gasteiger charge is 2.34. The van der Waals surface area contributed by atoms with Gasteiger partial charge in [0.15, 0.2) is 10.7 Å². The largest absolute Gasteiger partial charge is 0.465 e. The maximum atomic E-state index is 13.6. The van der Waals surface area contributed by atoms with Crippen LogP contribution in [0, 0.1) is 5.82 Å². The van der Waals surface area contributed by atoms with Gasteiger partial charge in [0.05, 0.1) is 12.1 Å². The van der Waals surface area contributed by atoms with E-state index in [0.29, 0.717) is 12.0 Å². The quantitative estimate of drug-likeness (QED) is 0.466. The molecule has 2 heterocycles. The standard InChI is InChI=1S/C16H14FN5O6S/c17-8-2-1-7-3-11(10(7)4-8)22-13(20-27-16(22)26)12-14(21-28-19-12)29-6-9(23)5-18-15(24)25/h1-2,4,9,11,18,23H,3,5-6H2,(H,24,25). The number of benzene rings is 1. The summed E-state index contributed by atoms with van der Waals surface area (Å²) in [6, 6.07) is 3.90. The third-order valence-electron chi connectivity index (χ3n) is 4.40. The molecule has 4 rings (SSSR count). The molecule has 29 heavy (non-hydrogen) atoms. The van der Waals surface area contributed by atoms with Gasteiger partial charge in [0, 0.05) is 12.3 Å². The molecule has 3 aromatic rings. The zero-order valence-corrected chi connectivity index (χ0v) is 15.4. The number of aromatic nitrogens is 4. The van der Waals surface area contributed by atoms with Gasteiger partial charge in [0.25, 0.3) is 0 Å². The highest BCUT2D eigenvalue weighted by atomic mass is 32.2. The number of thioether (sulfide) groups is 1. The Balaban J connectivity index is 1.56. The molecule has 0 fully saturated rings. The first-order valence-electron chi connectivity index (χ1n) is 8.41. The van der Waals surface area contributed by atoms with Crippen LogP contribution in [-0.4, -0.2) is 54.7 Å². The van der Waals surface area contributed by atoms with Crippen LogP contribution in [0.1, 0.15) is 17.2 Å². The average molecular weight is 423 g/mol. The summed E-state index contributed by atoms with van der Waals surface area (Å²) >= 11 is 1.04.